The molecule has 0 fully saturated rings. The number of carboxylic acids is 1. The molecule has 4 nitrogen and oxygen atoms in total. The lowest BCUT2D eigenvalue weighted by molar-refractivity contribution is -0.131. The number of thiophene rings is 1. The van der Waals surface area contributed by atoms with Gasteiger partial charge < -0.3 is 5.11 Å². The highest BCUT2D eigenvalue weighted by atomic mass is 32.2. The molecule has 0 aromatic carbocycles. The molecular formula is C10H10O4S2. The molecule has 0 aliphatic carbocycles. The minimum Gasteiger partial charge on any atom is -0.477 e. The third-order valence-corrected chi connectivity index (χ3v) is 5.76. The standard InChI is InChI=1S/C10H10O4S2/c1-2-3-6-7-4-5-15-10(7)16(13,14)8(6)9(11)12/h4-5H,2-3H2,1H3,(H,11,12). The van der Waals surface area contributed by atoms with Crippen LogP contribution in [0.3, 0.4) is 0 Å². The van der Waals surface area contributed by atoms with Crippen molar-refractivity contribution in [3.05, 3.63) is 21.9 Å². The van der Waals surface area contributed by atoms with Crippen molar-refractivity contribution in [3.63, 3.8) is 0 Å². The van der Waals surface area contributed by atoms with Crippen LogP contribution < -0.4 is 0 Å². The molecule has 0 spiro atoms. The number of allylic oxidation sites excluding steroid dienone is 1. The number of carboxylic acid groups (broad SMARTS) is 1. The third-order valence-electron chi connectivity index (χ3n) is 2.44. The van der Waals surface area contributed by atoms with Crippen LogP contribution in [-0.2, 0) is 14.6 Å². The predicted octanol–water partition coefficient (Wildman–Crippen LogP) is 2.13. The van der Waals surface area contributed by atoms with Crippen LogP contribution in [0.5, 0.6) is 0 Å². The summed E-state index contributed by atoms with van der Waals surface area (Å²) >= 11 is 1.08. The van der Waals surface area contributed by atoms with Crippen LogP contribution in [0.2, 0.25) is 0 Å². The Morgan fingerprint density at radius 3 is 2.75 bits per heavy atom. The number of carbonyl (C=O) groups is 1. The Morgan fingerprint density at radius 1 is 1.50 bits per heavy atom. The van der Waals surface area contributed by atoms with E-state index in [4.69, 9.17) is 5.11 Å². The first kappa shape index (κ1) is 11.3. The van der Waals surface area contributed by atoms with Crippen LogP contribution in [0.15, 0.2) is 20.6 Å². The van der Waals surface area contributed by atoms with E-state index in [9.17, 15) is 13.2 Å². The van der Waals surface area contributed by atoms with E-state index in [2.05, 4.69) is 0 Å². The van der Waals surface area contributed by atoms with E-state index in [1.165, 1.54) is 0 Å². The van der Waals surface area contributed by atoms with Crippen LogP contribution >= 0.6 is 11.3 Å². The van der Waals surface area contributed by atoms with E-state index in [1.807, 2.05) is 6.92 Å². The molecule has 1 aromatic heterocycles. The fourth-order valence-corrected chi connectivity index (χ4v) is 4.85. The predicted molar refractivity (Wildman–Crippen MR) is 61.0 cm³/mol. The maximum Gasteiger partial charge on any atom is 0.348 e. The summed E-state index contributed by atoms with van der Waals surface area (Å²) in [5.74, 6) is -1.35. The van der Waals surface area contributed by atoms with Crippen LogP contribution in [0.1, 0.15) is 25.3 Å². The Morgan fingerprint density at radius 2 is 2.19 bits per heavy atom. The van der Waals surface area contributed by atoms with Crippen LogP contribution in [0, 0.1) is 0 Å². The zero-order valence-corrected chi connectivity index (χ0v) is 10.2. The van der Waals surface area contributed by atoms with E-state index in [1.54, 1.807) is 11.4 Å². The molecule has 16 heavy (non-hydrogen) atoms. The molecular weight excluding hydrogens is 248 g/mol. The lowest BCUT2D eigenvalue weighted by Crippen LogP contribution is -2.09. The van der Waals surface area contributed by atoms with Crippen molar-refractivity contribution in [2.45, 2.75) is 24.0 Å². The molecule has 0 unspecified atom stereocenters. The molecule has 86 valence electrons. The quantitative estimate of drug-likeness (QED) is 0.901. The lowest BCUT2D eigenvalue weighted by Gasteiger charge is -2.00. The maximum absolute atomic E-state index is 11.9. The molecule has 0 atom stereocenters. The average molecular weight is 258 g/mol. The summed E-state index contributed by atoms with van der Waals surface area (Å²) in [6.45, 7) is 1.89. The normalized spacial score (nSPS) is 17.6. The Balaban J connectivity index is 2.75. The molecule has 0 amide bonds. The minimum atomic E-state index is -3.78. The first-order valence-corrected chi connectivity index (χ1v) is 7.15. The smallest absolute Gasteiger partial charge is 0.348 e. The molecule has 6 heteroatoms. The van der Waals surface area contributed by atoms with Gasteiger partial charge in [0.2, 0.25) is 9.84 Å². The molecule has 1 aliphatic rings. The van der Waals surface area contributed by atoms with E-state index in [-0.39, 0.29) is 4.21 Å². The number of hydrogen-bond acceptors (Lipinski definition) is 4. The molecule has 2 heterocycles. The SMILES string of the molecule is CCCC1=C(C(=O)O)S(=O)(=O)c2sccc21. The van der Waals surface area contributed by atoms with Gasteiger partial charge in [-0.15, -0.1) is 11.3 Å². The van der Waals surface area contributed by atoms with Gasteiger partial charge in [-0.05, 0) is 23.4 Å². The second-order valence-corrected chi connectivity index (χ2v) is 6.49. The second-order valence-electron chi connectivity index (χ2n) is 3.49. The molecule has 1 aliphatic heterocycles. The summed E-state index contributed by atoms with van der Waals surface area (Å²) in [4.78, 5) is 10.6. The van der Waals surface area contributed by atoms with Gasteiger partial charge in [0.05, 0.1) is 0 Å². The molecule has 0 saturated heterocycles. The van der Waals surface area contributed by atoms with Crippen LogP contribution in [0.25, 0.3) is 5.57 Å². The van der Waals surface area contributed by atoms with Crippen molar-refractivity contribution >= 4 is 32.7 Å². The Kier molecular flexibility index (Phi) is 2.63. The zero-order chi connectivity index (χ0) is 11.9. The number of rotatable bonds is 3. The van der Waals surface area contributed by atoms with E-state index < -0.39 is 20.7 Å². The topological polar surface area (TPSA) is 71.4 Å². The van der Waals surface area contributed by atoms with Crippen molar-refractivity contribution in [1.82, 2.24) is 0 Å². The molecule has 0 saturated carbocycles. The van der Waals surface area contributed by atoms with E-state index in [0.29, 0.717) is 17.6 Å². The zero-order valence-electron chi connectivity index (χ0n) is 8.56. The summed E-state index contributed by atoms with van der Waals surface area (Å²) in [7, 11) is -3.78. The summed E-state index contributed by atoms with van der Waals surface area (Å²) in [6, 6.07) is 1.68. The molecule has 0 bridgehead atoms. The summed E-state index contributed by atoms with van der Waals surface area (Å²) in [5.41, 5.74) is 1.02. The van der Waals surface area contributed by atoms with Gasteiger partial charge >= 0.3 is 5.97 Å². The van der Waals surface area contributed by atoms with Gasteiger partial charge in [0.25, 0.3) is 0 Å². The van der Waals surface area contributed by atoms with Gasteiger partial charge in [0.15, 0.2) is 4.91 Å². The second kappa shape index (κ2) is 3.71. The summed E-state index contributed by atoms with van der Waals surface area (Å²) in [6.07, 6.45) is 1.20. The first-order valence-electron chi connectivity index (χ1n) is 4.79. The van der Waals surface area contributed by atoms with Crippen molar-refractivity contribution in [1.29, 1.82) is 0 Å². The van der Waals surface area contributed by atoms with Crippen LogP contribution in [-0.4, -0.2) is 19.5 Å². The lowest BCUT2D eigenvalue weighted by atomic mass is 10.0. The first-order chi connectivity index (χ1) is 7.50. The van der Waals surface area contributed by atoms with Gasteiger partial charge in [-0.3, -0.25) is 0 Å². The van der Waals surface area contributed by atoms with Crippen molar-refractivity contribution in [2.24, 2.45) is 0 Å². The molecule has 1 N–H and O–H groups in total. The minimum absolute atomic E-state index is 0.174. The van der Waals surface area contributed by atoms with E-state index in [0.717, 1.165) is 17.8 Å². The number of fused-ring (bicyclic) bond motifs is 1. The Bertz CT molecular complexity index is 578. The summed E-state index contributed by atoms with van der Waals surface area (Å²) in [5, 5.41) is 10.7. The molecule has 1 aromatic rings. The van der Waals surface area contributed by atoms with Crippen LogP contribution in [0.4, 0.5) is 0 Å². The van der Waals surface area contributed by atoms with Crippen molar-refractivity contribution < 1.29 is 18.3 Å². The van der Waals surface area contributed by atoms with Gasteiger partial charge in [-0.2, -0.15) is 0 Å². The monoisotopic (exact) mass is 258 g/mol. The third kappa shape index (κ3) is 1.41. The highest BCUT2D eigenvalue weighted by Gasteiger charge is 2.40. The summed E-state index contributed by atoms with van der Waals surface area (Å²) < 4.78 is 24.1. The Labute approximate surface area is 97.1 Å². The highest BCUT2D eigenvalue weighted by molar-refractivity contribution is 7.98. The van der Waals surface area contributed by atoms with Crippen molar-refractivity contribution in [2.75, 3.05) is 0 Å². The number of aliphatic carboxylic acids is 1. The van der Waals surface area contributed by atoms with E-state index >= 15 is 0 Å². The average Bonchev–Trinajstić information content (AvgIpc) is 2.70. The maximum atomic E-state index is 11.9. The largest absolute Gasteiger partial charge is 0.477 e. The fraction of sp³-hybridized carbons (Fsp3) is 0.300. The van der Waals surface area contributed by atoms with Gasteiger partial charge in [0.1, 0.15) is 4.21 Å². The number of hydrogen-bond donors (Lipinski definition) is 1. The highest BCUT2D eigenvalue weighted by Crippen LogP contribution is 2.44. The number of sulfone groups is 1. The van der Waals surface area contributed by atoms with Gasteiger partial charge in [0, 0.05) is 5.56 Å². The van der Waals surface area contributed by atoms with Gasteiger partial charge in [-0.25, -0.2) is 13.2 Å². The fourth-order valence-electron chi connectivity index (χ4n) is 1.85. The molecule has 0 radical (unpaired) electrons. The van der Waals surface area contributed by atoms with Crippen molar-refractivity contribution in [3.8, 4) is 0 Å². The Hall–Kier alpha value is -1.14. The molecule has 2 rings (SSSR count). The van der Waals surface area contributed by atoms with Gasteiger partial charge in [-0.1, -0.05) is 13.3 Å².